The van der Waals surface area contributed by atoms with Crippen LogP contribution in [-0.4, -0.2) is 38.8 Å². The second-order valence-corrected chi connectivity index (χ2v) is 4.77. The fraction of sp³-hybridized carbons (Fsp3) is 0.667. The Morgan fingerprint density at radius 2 is 2.18 bits per heavy atom. The molecule has 1 N–H and O–H groups in total. The predicted octanol–water partition coefficient (Wildman–Crippen LogP) is 1.28. The van der Waals surface area contributed by atoms with E-state index in [-0.39, 0.29) is 5.92 Å². The van der Waals surface area contributed by atoms with Crippen molar-refractivity contribution in [2.24, 2.45) is 13.0 Å². The van der Waals surface area contributed by atoms with Gasteiger partial charge < -0.3 is 5.11 Å². The van der Waals surface area contributed by atoms with E-state index < -0.39 is 5.97 Å². The summed E-state index contributed by atoms with van der Waals surface area (Å²) in [5.74, 6) is -0.814. The number of nitrogens with zero attached hydrogens (tertiary/aromatic N) is 3. The zero-order valence-corrected chi connectivity index (χ0v) is 10.3. The largest absolute Gasteiger partial charge is 0.481 e. The van der Waals surface area contributed by atoms with Crippen molar-refractivity contribution < 1.29 is 9.90 Å². The molecule has 0 amide bonds. The average molecular weight is 237 g/mol. The topological polar surface area (TPSA) is 58.4 Å². The summed E-state index contributed by atoms with van der Waals surface area (Å²) in [7, 11) is 1.91. The van der Waals surface area contributed by atoms with Crippen molar-refractivity contribution in [2.75, 3.05) is 13.1 Å². The van der Waals surface area contributed by atoms with E-state index in [4.69, 9.17) is 5.11 Å². The minimum Gasteiger partial charge on any atom is -0.481 e. The summed E-state index contributed by atoms with van der Waals surface area (Å²) in [6.07, 6.45) is 5.40. The second-order valence-electron chi connectivity index (χ2n) is 4.77. The van der Waals surface area contributed by atoms with Gasteiger partial charge in [-0.25, -0.2) is 0 Å². The minimum atomic E-state index is -0.654. The summed E-state index contributed by atoms with van der Waals surface area (Å²) in [6.45, 7) is 3.86. The summed E-state index contributed by atoms with van der Waals surface area (Å²) in [5.41, 5.74) is 1.20. The van der Waals surface area contributed by atoms with Crippen LogP contribution in [0.25, 0.3) is 0 Å². The molecule has 1 atom stereocenters. The first-order chi connectivity index (χ1) is 8.08. The number of hydrogen-bond acceptors (Lipinski definition) is 3. The van der Waals surface area contributed by atoms with E-state index in [9.17, 15) is 4.79 Å². The van der Waals surface area contributed by atoms with Gasteiger partial charge in [-0.15, -0.1) is 0 Å². The maximum absolute atomic E-state index is 10.9. The Bertz CT molecular complexity index is 394. The van der Waals surface area contributed by atoms with Gasteiger partial charge in [0.15, 0.2) is 0 Å². The van der Waals surface area contributed by atoms with Gasteiger partial charge in [0.25, 0.3) is 0 Å². The van der Waals surface area contributed by atoms with Gasteiger partial charge in [-0.3, -0.25) is 14.4 Å². The Hall–Kier alpha value is -1.36. The molecule has 2 heterocycles. The highest BCUT2D eigenvalue weighted by Crippen LogP contribution is 2.26. The van der Waals surface area contributed by atoms with Gasteiger partial charge in [0, 0.05) is 24.8 Å². The third-order valence-corrected chi connectivity index (χ3v) is 3.63. The third kappa shape index (κ3) is 2.66. The monoisotopic (exact) mass is 237 g/mol. The lowest BCUT2D eigenvalue weighted by Gasteiger charge is -2.34. The van der Waals surface area contributed by atoms with E-state index in [1.54, 1.807) is 4.68 Å². The molecule has 0 aliphatic carbocycles. The molecule has 1 aromatic heterocycles. The van der Waals surface area contributed by atoms with Crippen LogP contribution in [0.5, 0.6) is 0 Å². The second kappa shape index (κ2) is 4.87. The van der Waals surface area contributed by atoms with Crippen LogP contribution in [0.1, 0.15) is 31.4 Å². The quantitative estimate of drug-likeness (QED) is 0.860. The number of hydrogen-bond donors (Lipinski definition) is 1. The first-order valence-electron chi connectivity index (χ1n) is 6.03. The molecule has 0 bridgehead atoms. The zero-order chi connectivity index (χ0) is 12.4. The van der Waals surface area contributed by atoms with Gasteiger partial charge in [0.05, 0.1) is 12.1 Å². The number of aliphatic carboxylic acids is 1. The molecule has 5 nitrogen and oxygen atoms in total. The lowest BCUT2D eigenvalue weighted by molar-refractivity contribution is -0.143. The molecule has 0 radical (unpaired) electrons. The van der Waals surface area contributed by atoms with Crippen molar-refractivity contribution in [1.82, 2.24) is 14.7 Å². The van der Waals surface area contributed by atoms with E-state index in [2.05, 4.69) is 16.9 Å². The van der Waals surface area contributed by atoms with Crippen LogP contribution in [0.15, 0.2) is 12.4 Å². The fourth-order valence-corrected chi connectivity index (χ4v) is 2.40. The molecule has 2 rings (SSSR count). The van der Waals surface area contributed by atoms with Crippen LogP contribution < -0.4 is 0 Å². The number of carbonyl (C=O) groups is 1. The Morgan fingerprint density at radius 3 is 2.65 bits per heavy atom. The van der Waals surface area contributed by atoms with Gasteiger partial charge in [0.1, 0.15) is 0 Å². The highest BCUT2D eigenvalue weighted by Gasteiger charge is 2.27. The standard InChI is InChI=1S/C12H19N3O2/c1-9(11-7-13-14(2)8-11)15-5-3-10(4-6-15)12(16)17/h7-10H,3-6H2,1-2H3,(H,16,17). The number of rotatable bonds is 3. The summed E-state index contributed by atoms with van der Waals surface area (Å²) in [4.78, 5) is 13.2. The van der Waals surface area contributed by atoms with E-state index in [1.165, 1.54) is 5.56 Å². The average Bonchev–Trinajstić information content (AvgIpc) is 2.75. The molecular formula is C12H19N3O2. The Labute approximate surface area is 101 Å². The SMILES string of the molecule is CC(c1cnn(C)c1)N1CCC(C(=O)O)CC1. The Kier molecular flexibility index (Phi) is 3.47. The van der Waals surface area contributed by atoms with Gasteiger partial charge in [-0.1, -0.05) is 0 Å². The van der Waals surface area contributed by atoms with Crippen molar-refractivity contribution in [3.05, 3.63) is 18.0 Å². The van der Waals surface area contributed by atoms with E-state index in [0.717, 1.165) is 25.9 Å². The lowest BCUT2D eigenvalue weighted by Crippen LogP contribution is -2.37. The maximum atomic E-state index is 10.9. The molecule has 0 spiro atoms. The molecule has 1 aliphatic rings. The zero-order valence-electron chi connectivity index (χ0n) is 10.3. The van der Waals surface area contributed by atoms with Crippen LogP contribution in [0.2, 0.25) is 0 Å². The van der Waals surface area contributed by atoms with Crippen LogP contribution >= 0.6 is 0 Å². The molecular weight excluding hydrogens is 218 g/mol. The van der Waals surface area contributed by atoms with Crippen molar-refractivity contribution in [1.29, 1.82) is 0 Å². The number of aryl methyl sites for hydroxylation is 1. The molecule has 1 unspecified atom stereocenters. The van der Waals surface area contributed by atoms with Gasteiger partial charge >= 0.3 is 5.97 Å². The maximum Gasteiger partial charge on any atom is 0.306 e. The van der Waals surface area contributed by atoms with Crippen LogP contribution in [0.4, 0.5) is 0 Å². The van der Waals surface area contributed by atoms with Gasteiger partial charge in [-0.2, -0.15) is 5.10 Å². The van der Waals surface area contributed by atoms with E-state index in [0.29, 0.717) is 6.04 Å². The number of likely N-dealkylation sites (tertiary alicyclic amines) is 1. The molecule has 0 saturated carbocycles. The molecule has 1 fully saturated rings. The van der Waals surface area contributed by atoms with Crippen molar-refractivity contribution in [3.8, 4) is 0 Å². The smallest absolute Gasteiger partial charge is 0.306 e. The van der Waals surface area contributed by atoms with Gasteiger partial charge in [-0.05, 0) is 32.9 Å². The van der Waals surface area contributed by atoms with Crippen LogP contribution in [-0.2, 0) is 11.8 Å². The number of carboxylic acid groups (broad SMARTS) is 1. The first kappa shape index (κ1) is 12.1. The molecule has 17 heavy (non-hydrogen) atoms. The van der Waals surface area contributed by atoms with Crippen LogP contribution in [0, 0.1) is 5.92 Å². The Morgan fingerprint density at radius 1 is 1.53 bits per heavy atom. The Balaban J connectivity index is 1.94. The van der Waals surface area contributed by atoms with E-state index >= 15 is 0 Å². The normalized spacial score (nSPS) is 20.4. The molecule has 0 aromatic carbocycles. The van der Waals surface area contributed by atoms with E-state index in [1.807, 2.05) is 19.4 Å². The number of piperidine rings is 1. The van der Waals surface area contributed by atoms with Crippen molar-refractivity contribution in [3.63, 3.8) is 0 Å². The lowest BCUT2D eigenvalue weighted by atomic mass is 9.95. The van der Waals surface area contributed by atoms with Gasteiger partial charge in [0.2, 0.25) is 0 Å². The molecule has 1 saturated heterocycles. The third-order valence-electron chi connectivity index (χ3n) is 3.63. The fourth-order valence-electron chi connectivity index (χ4n) is 2.40. The minimum absolute atomic E-state index is 0.160. The summed E-state index contributed by atoms with van der Waals surface area (Å²) in [6, 6.07) is 0.318. The molecule has 1 aromatic rings. The predicted molar refractivity (Wildman–Crippen MR) is 63.6 cm³/mol. The van der Waals surface area contributed by atoms with Crippen molar-refractivity contribution >= 4 is 5.97 Å². The van der Waals surface area contributed by atoms with Crippen LogP contribution in [0.3, 0.4) is 0 Å². The van der Waals surface area contributed by atoms with Crippen molar-refractivity contribution in [2.45, 2.75) is 25.8 Å². The summed E-state index contributed by atoms with van der Waals surface area (Å²) < 4.78 is 1.80. The summed E-state index contributed by atoms with van der Waals surface area (Å²) in [5, 5.41) is 13.1. The molecule has 1 aliphatic heterocycles. The molecule has 5 heteroatoms. The highest BCUT2D eigenvalue weighted by atomic mass is 16.4. The molecule has 94 valence electrons. The summed E-state index contributed by atoms with van der Waals surface area (Å²) >= 11 is 0. The highest BCUT2D eigenvalue weighted by molar-refractivity contribution is 5.70. The number of carboxylic acids is 1. The first-order valence-corrected chi connectivity index (χ1v) is 6.03. The number of aromatic nitrogens is 2.